The van der Waals surface area contributed by atoms with Crippen molar-refractivity contribution >= 4 is 38.6 Å². The Bertz CT molecular complexity index is 1830. The van der Waals surface area contributed by atoms with E-state index in [0.29, 0.717) is 17.4 Å². The van der Waals surface area contributed by atoms with E-state index in [4.69, 9.17) is 4.74 Å². The third-order valence-corrected chi connectivity index (χ3v) is 9.38. The van der Waals surface area contributed by atoms with Gasteiger partial charge in [-0.25, -0.2) is 0 Å². The summed E-state index contributed by atoms with van der Waals surface area (Å²) in [6.07, 6.45) is 8.25. The Hall–Kier alpha value is -4.16. The molecule has 0 spiro atoms. The zero-order chi connectivity index (χ0) is 28.6. The molecule has 5 aromatic rings. The highest BCUT2D eigenvalue weighted by Gasteiger charge is 2.33. The molecule has 1 saturated heterocycles. The predicted octanol–water partition coefficient (Wildman–Crippen LogP) is 7.22. The molecule has 1 heterocycles. The van der Waals surface area contributed by atoms with Gasteiger partial charge in [0.2, 0.25) is 0 Å². The fourth-order valence-corrected chi connectivity index (χ4v) is 7.26. The maximum atomic E-state index is 13.1. The first kappa shape index (κ1) is 26.7. The summed E-state index contributed by atoms with van der Waals surface area (Å²) in [6, 6.07) is 25.2. The van der Waals surface area contributed by atoms with Crippen LogP contribution in [0.4, 0.5) is 17.1 Å². The summed E-state index contributed by atoms with van der Waals surface area (Å²) in [4.78, 5) is 28.7. The van der Waals surface area contributed by atoms with Gasteiger partial charge in [-0.2, -0.15) is 0 Å². The fraction of sp³-hybridized carbons (Fsp3) is 0.333. The van der Waals surface area contributed by atoms with Gasteiger partial charge < -0.3 is 15.4 Å². The quantitative estimate of drug-likeness (QED) is 0.205. The van der Waals surface area contributed by atoms with Crippen LogP contribution in [0, 0.1) is 0 Å². The number of rotatable bonds is 7. The van der Waals surface area contributed by atoms with Gasteiger partial charge in [-0.1, -0.05) is 79.9 Å². The van der Waals surface area contributed by atoms with Crippen molar-refractivity contribution in [1.82, 2.24) is 4.90 Å². The summed E-state index contributed by atoms with van der Waals surface area (Å²) in [5, 5.41) is 11.3. The van der Waals surface area contributed by atoms with E-state index >= 15 is 0 Å². The highest BCUT2D eigenvalue weighted by molar-refractivity contribution is 6.12. The van der Waals surface area contributed by atoms with E-state index < -0.39 is 10.9 Å². The normalized spacial score (nSPS) is 19.7. The zero-order valence-electron chi connectivity index (χ0n) is 24.1. The van der Waals surface area contributed by atoms with Gasteiger partial charge in [0.15, 0.2) is 0 Å². The molecule has 0 unspecified atom stereocenters. The number of hydrogen-bond acceptors (Lipinski definition) is 6. The van der Waals surface area contributed by atoms with Crippen LogP contribution in [0.2, 0.25) is 0 Å². The highest BCUT2D eigenvalue weighted by Crippen LogP contribution is 2.45. The number of piperidine rings is 1. The molecular weight excluding hydrogens is 522 g/mol. The van der Waals surface area contributed by atoms with Gasteiger partial charge in [0.05, 0.1) is 7.11 Å². The number of hydrogen-bond donors (Lipinski definition) is 2. The SMILES string of the molecule is COc1ccc2ccccc2c1-c1c(Nc2c(N[C@@H]3CCCC[C@H]3N3CCCCC3)c(=O)c2=O)ccc2ccccc12. The molecule has 7 rings (SSSR count). The van der Waals surface area contributed by atoms with E-state index in [0.717, 1.165) is 76.5 Å². The average molecular weight is 560 g/mol. The first-order valence-corrected chi connectivity index (χ1v) is 15.3. The minimum atomic E-state index is -0.466. The number of likely N-dealkylation sites (tertiary alicyclic amines) is 1. The highest BCUT2D eigenvalue weighted by atomic mass is 16.5. The van der Waals surface area contributed by atoms with Crippen molar-refractivity contribution in [2.75, 3.05) is 30.8 Å². The standard InChI is InChI=1S/C36H37N3O3/c1-42-30-20-18-24-12-4-6-14-26(24)32(30)31-25-13-5-3-11-23(25)17-19-28(31)38-34-33(35(40)36(34)41)37-27-15-7-8-16-29(27)39-21-9-2-10-22-39/h3-6,11-14,17-20,27,29,37-38H,2,7-10,15-16,21-22H2,1H3/t27-,29-/m1/s1. The molecule has 0 aromatic heterocycles. The van der Waals surface area contributed by atoms with Crippen LogP contribution in [-0.2, 0) is 0 Å². The van der Waals surface area contributed by atoms with Crippen LogP contribution >= 0.6 is 0 Å². The molecule has 2 fully saturated rings. The Morgan fingerprint density at radius 2 is 1.33 bits per heavy atom. The molecule has 214 valence electrons. The Kier molecular flexibility index (Phi) is 7.16. The minimum Gasteiger partial charge on any atom is -0.496 e. The van der Waals surface area contributed by atoms with Crippen LogP contribution in [-0.4, -0.2) is 37.2 Å². The number of benzene rings is 4. The van der Waals surface area contributed by atoms with Crippen LogP contribution in [0.15, 0.2) is 82.4 Å². The van der Waals surface area contributed by atoms with E-state index in [2.05, 4.69) is 51.9 Å². The first-order valence-electron chi connectivity index (χ1n) is 15.3. The molecule has 2 N–H and O–H groups in total. The lowest BCUT2D eigenvalue weighted by molar-refractivity contribution is 0.121. The van der Waals surface area contributed by atoms with E-state index in [1.807, 2.05) is 36.4 Å². The molecule has 1 aliphatic carbocycles. The van der Waals surface area contributed by atoms with Gasteiger partial charge in [-0.3, -0.25) is 14.5 Å². The van der Waals surface area contributed by atoms with Crippen LogP contribution in [0.5, 0.6) is 5.75 Å². The summed E-state index contributed by atoms with van der Waals surface area (Å²) in [5.41, 5.74) is 2.58. The van der Waals surface area contributed by atoms with E-state index in [1.165, 1.54) is 25.7 Å². The number of methoxy groups -OCH3 is 1. The van der Waals surface area contributed by atoms with Crippen molar-refractivity contribution < 1.29 is 4.74 Å². The number of nitrogens with zero attached hydrogens (tertiary/aromatic N) is 1. The van der Waals surface area contributed by atoms with E-state index in [1.54, 1.807) is 7.11 Å². The monoisotopic (exact) mass is 559 g/mol. The molecule has 1 aliphatic heterocycles. The predicted molar refractivity (Wildman–Crippen MR) is 173 cm³/mol. The van der Waals surface area contributed by atoms with Crippen molar-refractivity contribution in [2.24, 2.45) is 0 Å². The van der Waals surface area contributed by atoms with Crippen molar-refractivity contribution in [3.8, 4) is 16.9 Å². The molecule has 1 saturated carbocycles. The first-order chi connectivity index (χ1) is 20.6. The Balaban J connectivity index is 1.31. The van der Waals surface area contributed by atoms with Crippen molar-refractivity contribution in [2.45, 2.75) is 57.0 Å². The molecule has 0 radical (unpaired) electrons. The lowest BCUT2D eigenvalue weighted by Gasteiger charge is -2.42. The van der Waals surface area contributed by atoms with Crippen LogP contribution in [0.1, 0.15) is 44.9 Å². The van der Waals surface area contributed by atoms with E-state index in [9.17, 15) is 9.59 Å². The number of nitrogens with one attached hydrogen (secondary N) is 2. The second kappa shape index (κ2) is 11.3. The van der Waals surface area contributed by atoms with Gasteiger partial charge in [0.1, 0.15) is 17.1 Å². The second-order valence-electron chi connectivity index (χ2n) is 11.8. The fourth-order valence-electron chi connectivity index (χ4n) is 7.26. The smallest absolute Gasteiger partial charge is 0.253 e. The van der Waals surface area contributed by atoms with Crippen molar-refractivity contribution in [3.05, 3.63) is 93.2 Å². The number of ether oxygens (including phenoxy) is 1. The molecule has 0 bridgehead atoms. The Labute approximate surface area is 246 Å². The zero-order valence-corrected chi connectivity index (χ0v) is 24.1. The number of fused-ring (bicyclic) bond motifs is 2. The topological polar surface area (TPSA) is 70.7 Å². The Morgan fingerprint density at radius 3 is 2.07 bits per heavy atom. The van der Waals surface area contributed by atoms with Crippen LogP contribution in [0.25, 0.3) is 32.7 Å². The van der Waals surface area contributed by atoms with Crippen molar-refractivity contribution in [1.29, 1.82) is 0 Å². The maximum Gasteiger partial charge on any atom is 0.253 e. The molecule has 42 heavy (non-hydrogen) atoms. The lowest BCUT2D eigenvalue weighted by Crippen LogP contribution is -2.52. The molecule has 6 heteroatoms. The van der Waals surface area contributed by atoms with Gasteiger partial charge in [0.25, 0.3) is 10.9 Å². The summed E-state index contributed by atoms with van der Waals surface area (Å²) in [7, 11) is 1.69. The maximum absolute atomic E-state index is 13.1. The average Bonchev–Trinajstić information content (AvgIpc) is 3.06. The Morgan fingerprint density at radius 1 is 0.690 bits per heavy atom. The van der Waals surface area contributed by atoms with Crippen molar-refractivity contribution in [3.63, 3.8) is 0 Å². The van der Waals surface area contributed by atoms with Gasteiger partial charge in [-0.15, -0.1) is 0 Å². The molecular formula is C36H37N3O3. The molecule has 0 amide bonds. The van der Waals surface area contributed by atoms with Gasteiger partial charge in [-0.05, 0) is 72.5 Å². The van der Waals surface area contributed by atoms with E-state index in [-0.39, 0.29) is 6.04 Å². The minimum absolute atomic E-state index is 0.162. The lowest BCUT2D eigenvalue weighted by atomic mass is 9.87. The molecule has 2 atom stereocenters. The summed E-state index contributed by atoms with van der Waals surface area (Å²) < 4.78 is 5.91. The largest absolute Gasteiger partial charge is 0.496 e. The third kappa shape index (κ3) is 4.64. The van der Waals surface area contributed by atoms with Gasteiger partial charge in [0, 0.05) is 28.9 Å². The summed E-state index contributed by atoms with van der Waals surface area (Å²) in [6.45, 7) is 2.24. The molecule has 5 aromatic carbocycles. The molecule has 6 nitrogen and oxygen atoms in total. The third-order valence-electron chi connectivity index (χ3n) is 9.38. The van der Waals surface area contributed by atoms with Crippen LogP contribution < -0.4 is 26.2 Å². The summed E-state index contributed by atoms with van der Waals surface area (Å²) in [5.74, 6) is 0.753. The molecule has 2 aliphatic rings. The second-order valence-corrected chi connectivity index (χ2v) is 11.8. The van der Waals surface area contributed by atoms with Gasteiger partial charge >= 0.3 is 0 Å². The van der Waals surface area contributed by atoms with Crippen LogP contribution in [0.3, 0.4) is 0 Å². The summed E-state index contributed by atoms with van der Waals surface area (Å²) >= 11 is 0. The number of anilines is 3.